The molecule has 2 aromatic rings. The van der Waals surface area contributed by atoms with Crippen LogP contribution in [0.5, 0.6) is 0 Å². The SMILES string of the molecule is Cc1nn(C)c(Sc2nc(N)cc(=O)[nH]2)c1C=O. The lowest BCUT2D eigenvalue weighted by Crippen LogP contribution is -2.09. The molecule has 0 saturated carbocycles. The Labute approximate surface area is 106 Å². The first kappa shape index (κ1) is 12.4. The molecule has 0 saturated heterocycles. The van der Waals surface area contributed by atoms with Crippen molar-refractivity contribution < 1.29 is 4.79 Å². The molecule has 0 aromatic carbocycles. The summed E-state index contributed by atoms with van der Waals surface area (Å²) in [6.07, 6.45) is 0.731. The number of aryl methyl sites for hydroxylation is 2. The third-order valence-electron chi connectivity index (χ3n) is 2.27. The lowest BCUT2D eigenvalue weighted by molar-refractivity contribution is 0.112. The van der Waals surface area contributed by atoms with Crippen molar-refractivity contribution in [3.05, 3.63) is 27.7 Å². The minimum Gasteiger partial charge on any atom is -0.383 e. The molecule has 0 amide bonds. The molecule has 0 aliphatic rings. The molecule has 2 rings (SSSR count). The van der Waals surface area contributed by atoms with Gasteiger partial charge >= 0.3 is 0 Å². The van der Waals surface area contributed by atoms with Gasteiger partial charge in [0.15, 0.2) is 11.4 Å². The highest BCUT2D eigenvalue weighted by molar-refractivity contribution is 7.99. The number of aromatic amines is 1. The Kier molecular flexibility index (Phi) is 3.19. The van der Waals surface area contributed by atoms with E-state index in [0.717, 1.165) is 18.0 Å². The largest absolute Gasteiger partial charge is 0.383 e. The molecule has 0 radical (unpaired) electrons. The van der Waals surface area contributed by atoms with Crippen LogP contribution in [-0.2, 0) is 7.05 Å². The van der Waals surface area contributed by atoms with Crippen LogP contribution in [0.25, 0.3) is 0 Å². The molecule has 18 heavy (non-hydrogen) atoms. The summed E-state index contributed by atoms with van der Waals surface area (Å²) in [7, 11) is 1.72. The van der Waals surface area contributed by atoms with Crippen molar-refractivity contribution in [3.8, 4) is 0 Å². The van der Waals surface area contributed by atoms with Crippen LogP contribution in [0.4, 0.5) is 5.82 Å². The number of H-pyrrole nitrogens is 1. The van der Waals surface area contributed by atoms with E-state index < -0.39 is 0 Å². The van der Waals surface area contributed by atoms with Crippen molar-refractivity contribution in [2.45, 2.75) is 17.1 Å². The third-order valence-corrected chi connectivity index (χ3v) is 3.33. The monoisotopic (exact) mass is 265 g/mol. The first-order valence-corrected chi connectivity index (χ1v) is 5.86. The van der Waals surface area contributed by atoms with Crippen molar-refractivity contribution in [2.24, 2.45) is 7.05 Å². The summed E-state index contributed by atoms with van der Waals surface area (Å²) in [5.41, 5.74) is 6.26. The van der Waals surface area contributed by atoms with E-state index >= 15 is 0 Å². The summed E-state index contributed by atoms with van der Waals surface area (Å²) < 4.78 is 1.56. The number of hydrogen-bond donors (Lipinski definition) is 2. The van der Waals surface area contributed by atoms with Gasteiger partial charge < -0.3 is 10.7 Å². The first-order chi connectivity index (χ1) is 8.51. The summed E-state index contributed by atoms with van der Waals surface area (Å²) in [6, 6.07) is 1.19. The van der Waals surface area contributed by atoms with Crippen LogP contribution in [0.15, 0.2) is 21.0 Å². The third kappa shape index (κ3) is 2.28. The summed E-state index contributed by atoms with van der Waals surface area (Å²) in [4.78, 5) is 28.8. The maximum atomic E-state index is 11.3. The fourth-order valence-corrected chi connectivity index (χ4v) is 2.47. The maximum absolute atomic E-state index is 11.3. The summed E-state index contributed by atoms with van der Waals surface area (Å²) >= 11 is 1.14. The van der Waals surface area contributed by atoms with Crippen LogP contribution >= 0.6 is 11.8 Å². The number of aldehydes is 1. The molecule has 94 valence electrons. The van der Waals surface area contributed by atoms with E-state index in [2.05, 4.69) is 15.1 Å². The first-order valence-electron chi connectivity index (χ1n) is 5.04. The molecule has 0 fully saturated rings. The highest BCUT2D eigenvalue weighted by atomic mass is 32.2. The van der Waals surface area contributed by atoms with Gasteiger partial charge in [0.1, 0.15) is 10.8 Å². The van der Waals surface area contributed by atoms with Crippen LogP contribution in [0, 0.1) is 6.92 Å². The van der Waals surface area contributed by atoms with Gasteiger partial charge in [0.05, 0.1) is 11.3 Å². The molecule has 7 nitrogen and oxygen atoms in total. The summed E-state index contributed by atoms with van der Waals surface area (Å²) in [5, 5.41) is 5.07. The molecule has 2 heterocycles. The number of carbonyl (C=O) groups excluding carboxylic acids is 1. The number of aromatic nitrogens is 4. The van der Waals surface area contributed by atoms with Gasteiger partial charge in [-0.25, -0.2) is 4.98 Å². The average molecular weight is 265 g/mol. The van der Waals surface area contributed by atoms with Gasteiger partial charge in [-0.15, -0.1) is 0 Å². The molecule has 0 atom stereocenters. The minimum absolute atomic E-state index is 0.132. The van der Waals surface area contributed by atoms with Gasteiger partial charge in [0, 0.05) is 13.1 Å². The highest BCUT2D eigenvalue weighted by Gasteiger charge is 2.15. The van der Waals surface area contributed by atoms with E-state index in [4.69, 9.17) is 5.73 Å². The number of rotatable bonds is 3. The van der Waals surface area contributed by atoms with E-state index in [9.17, 15) is 9.59 Å². The number of nitrogens with one attached hydrogen (secondary N) is 1. The predicted octanol–water partition coefficient (Wildman–Crippen LogP) is 0.358. The van der Waals surface area contributed by atoms with E-state index in [0.29, 0.717) is 21.4 Å². The molecule has 0 spiro atoms. The number of nitrogens with zero attached hydrogens (tertiary/aromatic N) is 3. The second-order valence-electron chi connectivity index (χ2n) is 3.62. The van der Waals surface area contributed by atoms with Crippen molar-refractivity contribution >= 4 is 23.9 Å². The number of carbonyl (C=O) groups is 1. The summed E-state index contributed by atoms with van der Waals surface area (Å²) in [6.45, 7) is 1.74. The second kappa shape index (κ2) is 4.65. The van der Waals surface area contributed by atoms with E-state index in [-0.39, 0.29) is 11.4 Å². The zero-order chi connectivity index (χ0) is 13.3. The Hall–Kier alpha value is -2.09. The Morgan fingerprint density at radius 2 is 2.28 bits per heavy atom. The molecule has 0 aliphatic carbocycles. The van der Waals surface area contributed by atoms with Crippen LogP contribution in [0.2, 0.25) is 0 Å². The van der Waals surface area contributed by atoms with Crippen LogP contribution < -0.4 is 11.3 Å². The Morgan fingerprint density at radius 1 is 1.56 bits per heavy atom. The molecule has 0 unspecified atom stereocenters. The molecule has 3 N–H and O–H groups in total. The number of anilines is 1. The molecule has 2 aromatic heterocycles. The quantitative estimate of drug-likeness (QED) is 0.613. The highest BCUT2D eigenvalue weighted by Crippen LogP contribution is 2.28. The number of nitrogen functional groups attached to an aromatic ring is 1. The Morgan fingerprint density at radius 3 is 2.89 bits per heavy atom. The van der Waals surface area contributed by atoms with Crippen molar-refractivity contribution in [1.82, 2.24) is 19.7 Å². The minimum atomic E-state index is -0.337. The van der Waals surface area contributed by atoms with Gasteiger partial charge in [-0.2, -0.15) is 5.10 Å². The molecular formula is C10H11N5O2S. The van der Waals surface area contributed by atoms with E-state index in [1.807, 2.05) is 0 Å². The molecule has 0 aliphatic heterocycles. The standard InChI is InChI=1S/C10H11N5O2S/c1-5-6(4-16)9(15(2)14-5)18-10-12-7(11)3-8(17)13-10/h3-4H,1-2H3,(H3,11,12,13,17). The van der Waals surface area contributed by atoms with Gasteiger partial charge in [-0.3, -0.25) is 14.3 Å². The normalized spacial score (nSPS) is 10.6. The van der Waals surface area contributed by atoms with Crippen LogP contribution in [0.1, 0.15) is 16.1 Å². The van der Waals surface area contributed by atoms with Gasteiger partial charge in [-0.1, -0.05) is 0 Å². The van der Waals surface area contributed by atoms with Crippen molar-refractivity contribution in [2.75, 3.05) is 5.73 Å². The topological polar surface area (TPSA) is 107 Å². The fourth-order valence-electron chi connectivity index (χ4n) is 1.50. The zero-order valence-electron chi connectivity index (χ0n) is 9.80. The molecular weight excluding hydrogens is 254 g/mol. The number of nitrogens with two attached hydrogens (primary N) is 1. The van der Waals surface area contributed by atoms with Crippen LogP contribution in [0.3, 0.4) is 0 Å². The fraction of sp³-hybridized carbons (Fsp3) is 0.200. The molecule has 0 bridgehead atoms. The van der Waals surface area contributed by atoms with Crippen molar-refractivity contribution in [3.63, 3.8) is 0 Å². The van der Waals surface area contributed by atoms with Gasteiger partial charge in [0.2, 0.25) is 0 Å². The lowest BCUT2D eigenvalue weighted by atomic mass is 10.3. The van der Waals surface area contributed by atoms with Crippen LogP contribution in [-0.4, -0.2) is 26.0 Å². The van der Waals surface area contributed by atoms with Crippen molar-refractivity contribution in [1.29, 1.82) is 0 Å². The summed E-state index contributed by atoms with van der Waals surface area (Å²) in [5.74, 6) is 0.132. The van der Waals surface area contributed by atoms with E-state index in [1.165, 1.54) is 6.07 Å². The lowest BCUT2D eigenvalue weighted by Gasteiger charge is -2.02. The van der Waals surface area contributed by atoms with E-state index in [1.54, 1.807) is 18.7 Å². The second-order valence-corrected chi connectivity index (χ2v) is 4.60. The maximum Gasteiger partial charge on any atom is 0.253 e. The Balaban J connectivity index is 2.45. The zero-order valence-corrected chi connectivity index (χ0v) is 10.6. The van der Waals surface area contributed by atoms with Gasteiger partial charge in [0.25, 0.3) is 5.56 Å². The number of hydrogen-bond acceptors (Lipinski definition) is 6. The predicted molar refractivity (Wildman–Crippen MR) is 66.7 cm³/mol. The smallest absolute Gasteiger partial charge is 0.253 e. The average Bonchev–Trinajstić information content (AvgIpc) is 2.52. The Bertz CT molecular complexity index is 661. The van der Waals surface area contributed by atoms with Gasteiger partial charge in [-0.05, 0) is 18.7 Å². The molecule has 8 heteroatoms.